The fraction of sp³-hybridized carbons (Fsp3) is 0.703. The Balaban J connectivity index is 1.56. The normalized spacial score (nSPS) is 21.8. The van der Waals surface area contributed by atoms with Crippen molar-refractivity contribution in [3.05, 3.63) is 60.2 Å². The minimum Gasteiger partial charge on any atom is -0.393 e. The topological polar surface area (TPSA) is 97.2 Å². The number of aryl methyl sites for hydroxylation is 1. The van der Waals surface area contributed by atoms with Crippen LogP contribution in [0.4, 0.5) is 0 Å². The van der Waals surface area contributed by atoms with Crippen LogP contribution >= 0.6 is 0 Å². The molecule has 44 heavy (non-hydrogen) atoms. The third kappa shape index (κ3) is 15.8. The molecule has 250 valence electrons. The van der Waals surface area contributed by atoms with Crippen LogP contribution in [-0.2, 0) is 25.4 Å². The van der Waals surface area contributed by atoms with Gasteiger partial charge in [0.1, 0.15) is 0 Å². The monoisotopic (exact) mass is 615 g/mol. The molecule has 1 aromatic rings. The molecule has 2 rings (SSSR count). The third-order valence-electron chi connectivity index (χ3n) is 8.83. The minimum atomic E-state index is -0.507. The highest BCUT2D eigenvalue weighted by Crippen LogP contribution is 2.36. The predicted octanol–water partition coefficient (Wildman–Crippen LogP) is 6.42. The lowest BCUT2D eigenvalue weighted by molar-refractivity contribution is -0.121. The highest BCUT2D eigenvalue weighted by atomic mass is 16.5. The van der Waals surface area contributed by atoms with Gasteiger partial charge in [0, 0.05) is 39.0 Å². The molecular formula is C37H61NO6. The molecule has 1 saturated carbocycles. The second-order valence-electron chi connectivity index (χ2n) is 13.6. The molecule has 1 aliphatic rings. The molecule has 7 nitrogen and oxygen atoms in total. The lowest BCUT2D eigenvalue weighted by atomic mass is 9.88. The van der Waals surface area contributed by atoms with E-state index in [1.807, 2.05) is 6.07 Å². The number of hydrogen-bond donors (Lipinski definition) is 3. The van der Waals surface area contributed by atoms with Gasteiger partial charge in [-0.05, 0) is 90.0 Å². The molecule has 1 aromatic carbocycles. The number of aliphatic hydroxyl groups excluding tert-OH is 2. The van der Waals surface area contributed by atoms with E-state index in [2.05, 4.69) is 88.5 Å². The maximum atomic E-state index is 12.2. The van der Waals surface area contributed by atoms with Crippen molar-refractivity contribution in [2.45, 2.75) is 116 Å². The van der Waals surface area contributed by atoms with E-state index >= 15 is 0 Å². The number of amides is 1. The number of unbranched alkanes of at least 4 members (excludes halogenated alkanes) is 1. The van der Waals surface area contributed by atoms with Crippen LogP contribution in [-0.4, -0.2) is 73.0 Å². The van der Waals surface area contributed by atoms with E-state index in [9.17, 15) is 15.0 Å². The standard InChI is InChI=1S/C37H61NO6/c1-29(18-20-30-14-10-9-11-15-30)19-21-32-31(33(39)28-34(32)40)16-12-7-8-13-17-35(41)38-24-27-43-25-22-37(4,5)44-26-23-36(2,3)42-6/h7,9-12,14-15,19,21,29,31-34,39-40H,8,13,16-18,20,22-28H2,1-6H3,(H,38,41)/b12-7-,21-19+/t29-,31+,32+,33-,34+/m0/s1. The molecule has 1 fully saturated rings. The number of allylic oxidation sites excluding steroid dienone is 3. The molecule has 0 bridgehead atoms. The summed E-state index contributed by atoms with van der Waals surface area (Å²) in [4.78, 5) is 12.2. The van der Waals surface area contributed by atoms with E-state index in [0.29, 0.717) is 45.1 Å². The Morgan fingerprint density at radius 3 is 2.48 bits per heavy atom. The van der Waals surface area contributed by atoms with E-state index in [4.69, 9.17) is 14.2 Å². The van der Waals surface area contributed by atoms with Crippen LogP contribution in [0.5, 0.6) is 0 Å². The number of aliphatic hydroxyl groups is 2. The zero-order chi connectivity index (χ0) is 32.4. The molecule has 0 aliphatic heterocycles. The molecular weight excluding hydrogens is 554 g/mol. The summed E-state index contributed by atoms with van der Waals surface area (Å²) in [5.74, 6) is 0.424. The number of carbonyl (C=O) groups excluding carboxylic acids is 1. The fourth-order valence-electron chi connectivity index (χ4n) is 5.43. The Kier molecular flexibility index (Phi) is 17.5. The molecule has 3 N–H and O–H groups in total. The van der Waals surface area contributed by atoms with Gasteiger partial charge in [-0.25, -0.2) is 0 Å². The molecule has 1 amide bonds. The lowest BCUT2D eigenvalue weighted by Gasteiger charge is -2.28. The van der Waals surface area contributed by atoms with E-state index in [1.54, 1.807) is 7.11 Å². The quantitative estimate of drug-likeness (QED) is 0.103. The van der Waals surface area contributed by atoms with E-state index in [-0.39, 0.29) is 28.9 Å². The molecule has 1 aliphatic carbocycles. The Bertz CT molecular complexity index is 975. The Hall–Kier alpha value is -2.03. The lowest BCUT2D eigenvalue weighted by Crippen LogP contribution is -2.31. The van der Waals surface area contributed by atoms with Gasteiger partial charge in [0.25, 0.3) is 0 Å². The van der Waals surface area contributed by atoms with Gasteiger partial charge in [-0.1, -0.05) is 61.6 Å². The molecule has 0 spiro atoms. The fourth-order valence-corrected chi connectivity index (χ4v) is 5.43. The first-order valence-electron chi connectivity index (χ1n) is 16.7. The first-order valence-corrected chi connectivity index (χ1v) is 16.7. The van der Waals surface area contributed by atoms with Gasteiger partial charge in [0.2, 0.25) is 5.91 Å². The van der Waals surface area contributed by atoms with E-state index in [0.717, 1.165) is 44.9 Å². The van der Waals surface area contributed by atoms with Crippen LogP contribution in [0.2, 0.25) is 0 Å². The van der Waals surface area contributed by atoms with Gasteiger partial charge in [0.15, 0.2) is 0 Å². The molecule has 5 atom stereocenters. The third-order valence-corrected chi connectivity index (χ3v) is 8.83. The van der Waals surface area contributed by atoms with E-state index < -0.39 is 12.2 Å². The summed E-state index contributed by atoms with van der Waals surface area (Å²) < 4.78 is 17.1. The summed E-state index contributed by atoms with van der Waals surface area (Å²) in [6.45, 7) is 12.6. The first kappa shape index (κ1) is 38.2. The predicted molar refractivity (Wildman–Crippen MR) is 178 cm³/mol. The summed E-state index contributed by atoms with van der Waals surface area (Å²) in [5.41, 5.74) is 0.886. The number of rotatable bonds is 22. The summed E-state index contributed by atoms with van der Waals surface area (Å²) in [6.07, 6.45) is 14.4. The summed E-state index contributed by atoms with van der Waals surface area (Å²) in [6, 6.07) is 10.5. The minimum absolute atomic E-state index is 0.0158. The van der Waals surface area contributed by atoms with Crippen LogP contribution in [0.3, 0.4) is 0 Å². The highest BCUT2D eigenvalue weighted by Gasteiger charge is 2.39. The molecule has 0 aromatic heterocycles. The van der Waals surface area contributed by atoms with Gasteiger partial charge in [-0.15, -0.1) is 0 Å². The molecule has 0 radical (unpaired) electrons. The maximum absolute atomic E-state index is 12.2. The molecule has 0 saturated heterocycles. The van der Waals surface area contributed by atoms with Crippen molar-refractivity contribution in [3.63, 3.8) is 0 Å². The van der Waals surface area contributed by atoms with Crippen molar-refractivity contribution >= 4 is 5.91 Å². The van der Waals surface area contributed by atoms with Crippen molar-refractivity contribution in [3.8, 4) is 0 Å². The van der Waals surface area contributed by atoms with Crippen LogP contribution in [0.1, 0.15) is 91.5 Å². The summed E-state index contributed by atoms with van der Waals surface area (Å²) in [7, 11) is 1.72. The first-order chi connectivity index (χ1) is 20.9. The number of hydrogen-bond acceptors (Lipinski definition) is 6. The van der Waals surface area contributed by atoms with Crippen molar-refractivity contribution in [1.82, 2.24) is 5.32 Å². The van der Waals surface area contributed by atoms with Crippen LogP contribution in [0.15, 0.2) is 54.6 Å². The average Bonchev–Trinajstić information content (AvgIpc) is 3.25. The van der Waals surface area contributed by atoms with Crippen molar-refractivity contribution < 1.29 is 29.2 Å². The number of nitrogens with one attached hydrogen (secondary N) is 1. The van der Waals surface area contributed by atoms with Gasteiger partial charge in [-0.3, -0.25) is 4.79 Å². The van der Waals surface area contributed by atoms with Crippen molar-refractivity contribution in [2.24, 2.45) is 17.8 Å². The Labute approximate surface area is 267 Å². The number of methoxy groups -OCH3 is 1. The van der Waals surface area contributed by atoms with Crippen molar-refractivity contribution in [2.75, 3.05) is 33.5 Å². The van der Waals surface area contributed by atoms with Gasteiger partial charge in [-0.2, -0.15) is 0 Å². The number of carbonyl (C=O) groups is 1. The smallest absolute Gasteiger partial charge is 0.220 e. The van der Waals surface area contributed by atoms with Crippen LogP contribution < -0.4 is 5.32 Å². The zero-order valence-electron chi connectivity index (χ0n) is 28.3. The molecule has 0 unspecified atom stereocenters. The van der Waals surface area contributed by atoms with Gasteiger partial charge in [0.05, 0.1) is 36.6 Å². The zero-order valence-corrected chi connectivity index (χ0v) is 28.3. The average molecular weight is 616 g/mol. The highest BCUT2D eigenvalue weighted by molar-refractivity contribution is 5.75. The molecule has 7 heteroatoms. The summed E-state index contributed by atoms with van der Waals surface area (Å²) in [5, 5.41) is 24.1. The molecule has 0 heterocycles. The largest absolute Gasteiger partial charge is 0.393 e. The Morgan fingerprint density at radius 2 is 1.75 bits per heavy atom. The van der Waals surface area contributed by atoms with Gasteiger partial charge < -0.3 is 29.7 Å². The second kappa shape index (κ2) is 20.2. The maximum Gasteiger partial charge on any atom is 0.220 e. The SMILES string of the molecule is COC(C)(C)CCOC(C)(C)CCOCCNC(=O)CCC/C=C\C[C@@H]1[C@@H](/C=C/[C@@H](C)CCc2ccccc2)[C@H](O)C[C@@H]1O. The second-order valence-corrected chi connectivity index (χ2v) is 13.6. The van der Waals surface area contributed by atoms with Crippen LogP contribution in [0.25, 0.3) is 0 Å². The van der Waals surface area contributed by atoms with Crippen molar-refractivity contribution in [1.29, 1.82) is 0 Å². The Morgan fingerprint density at radius 1 is 1.02 bits per heavy atom. The van der Waals surface area contributed by atoms with Gasteiger partial charge >= 0.3 is 0 Å². The van der Waals surface area contributed by atoms with Crippen LogP contribution in [0, 0.1) is 17.8 Å². The van der Waals surface area contributed by atoms with E-state index in [1.165, 1.54) is 5.56 Å². The number of benzene rings is 1. The summed E-state index contributed by atoms with van der Waals surface area (Å²) >= 11 is 0. The number of ether oxygens (including phenoxy) is 3.